The highest BCUT2D eigenvalue weighted by Crippen LogP contribution is 2.30. The number of aryl methyl sites for hydroxylation is 2. The average Bonchev–Trinajstić information content (AvgIpc) is 3.10. The van der Waals surface area contributed by atoms with Crippen LogP contribution in [0.3, 0.4) is 0 Å². The van der Waals surface area contributed by atoms with E-state index in [9.17, 15) is 14.9 Å². The van der Waals surface area contributed by atoms with E-state index in [0.29, 0.717) is 23.1 Å². The fraction of sp³-hybridized carbons (Fsp3) is 0.320. The summed E-state index contributed by atoms with van der Waals surface area (Å²) >= 11 is 0. The van der Waals surface area contributed by atoms with Gasteiger partial charge in [-0.05, 0) is 69.4 Å². The minimum absolute atomic E-state index is 0.145. The predicted molar refractivity (Wildman–Crippen MR) is 121 cm³/mol. The number of aromatic amines is 1. The summed E-state index contributed by atoms with van der Waals surface area (Å²) in [7, 11) is 0. The van der Waals surface area contributed by atoms with Gasteiger partial charge in [-0.15, -0.1) is 0 Å². The van der Waals surface area contributed by atoms with Crippen molar-refractivity contribution in [3.05, 3.63) is 80.4 Å². The molecule has 158 valence electrons. The van der Waals surface area contributed by atoms with Crippen LogP contribution < -0.4 is 10.9 Å². The number of carbonyl (C=O) groups is 1. The van der Waals surface area contributed by atoms with Gasteiger partial charge in [0.25, 0.3) is 11.5 Å². The second-order valence-corrected chi connectivity index (χ2v) is 8.37. The topological polar surface area (TPSA) is 90.7 Å². The van der Waals surface area contributed by atoms with E-state index in [0.717, 1.165) is 40.6 Å². The molecule has 0 aliphatic carbocycles. The van der Waals surface area contributed by atoms with Crippen LogP contribution in [0.25, 0.3) is 10.9 Å². The lowest BCUT2D eigenvalue weighted by atomic mass is 10.0. The Morgan fingerprint density at radius 3 is 2.68 bits per heavy atom. The Morgan fingerprint density at radius 2 is 1.94 bits per heavy atom. The Balaban J connectivity index is 1.89. The van der Waals surface area contributed by atoms with Gasteiger partial charge in [0, 0.05) is 35.4 Å². The number of amides is 1. The highest BCUT2D eigenvalue weighted by Gasteiger charge is 2.20. The molecule has 2 aromatic heterocycles. The highest BCUT2D eigenvalue weighted by atomic mass is 16.1. The Hall–Kier alpha value is -3.59. The van der Waals surface area contributed by atoms with E-state index in [-0.39, 0.29) is 24.1 Å². The van der Waals surface area contributed by atoms with Crippen LogP contribution in [0.5, 0.6) is 0 Å². The van der Waals surface area contributed by atoms with E-state index in [2.05, 4.69) is 53.1 Å². The van der Waals surface area contributed by atoms with Crippen molar-refractivity contribution in [1.82, 2.24) is 14.9 Å². The normalized spacial score (nSPS) is 15.4. The second kappa shape index (κ2) is 8.27. The van der Waals surface area contributed by atoms with Crippen molar-refractivity contribution in [3.8, 4) is 6.07 Å². The number of hydrogen-bond donors (Lipinski definition) is 2. The van der Waals surface area contributed by atoms with Crippen molar-refractivity contribution in [2.24, 2.45) is 0 Å². The van der Waals surface area contributed by atoms with Crippen molar-refractivity contribution in [3.63, 3.8) is 0 Å². The standard InChI is InChI=1S/C25H26N4O2/c1-15(2)29-14-19-8-6-4-5-7-18-9-16(3)28-25(31)21(18)13-27-24(30)20-10-17(12-26)11-22(29)23(19)20/h4,6,9-11,14-15H,5,7-8,13H2,1-3H3,(H,27,30)(H,28,31)/b6-4+. The van der Waals surface area contributed by atoms with Crippen LogP contribution in [-0.4, -0.2) is 15.5 Å². The third-order valence-corrected chi connectivity index (χ3v) is 5.82. The molecule has 0 fully saturated rings. The van der Waals surface area contributed by atoms with Crippen LogP contribution in [0.15, 0.2) is 41.3 Å². The first kappa shape index (κ1) is 20.7. The number of hydrogen-bond acceptors (Lipinski definition) is 3. The fourth-order valence-electron chi connectivity index (χ4n) is 4.33. The molecule has 1 aliphatic rings. The molecule has 2 N–H and O–H groups in total. The Kier molecular flexibility index (Phi) is 5.51. The molecule has 0 saturated heterocycles. The van der Waals surface area contributed by atoms with Crippen molar-refractivity contribution < 1.29 is 4.79 Å². The predicted octanol–water partition coefficient (Wildman–Crippen LogP) is 4.07. The van der Waals surface area contributed by atoms with Gasteiger partial charge < -0.3 is 14.9 Å². The minimum atomic E-state index is -0.279. The number of carbonyl (C=O) groups excluding carboxylic acids is 1. The molecule has 1 aromatic carbocycles. The summed E-state index contributed by atoms with van der Waals surface area (Å²) in [6.45, 7) is 6.18. The van der Waals surface area contributed by atoms with E-state index in [1.165, 1.54) is 0 Å². The molecule has 0 radical (unpaired) electrons. The quantitative estimate of drug-likeness (QED) is 0.588. The molecule has 1 aliphatic heterocycles. The van der Waals surface area contributed by atoms with Crippen molar-refractivity contribution in [2.75, 3.05) is 0 Å². The van der Waals surface area contributed by atoms with E-state index < -0.39 is 0 Å². The number of fused-ring (bicyclic) bond motifs is 1. The largest absolute Gasteiger partial charge is 0.348 e. The van der Waals surface area contributed by atoms with E-state index in [1.54, 1.807) is 6.07 Å². The number of benzene rings is 1. The summed E-state index contributed by atoms with van der Waals surface area (Å²) in [5.74, 6) is -0.279. The van der Waals surface area contributed by atoms with E-state index in [1.807, 2.05) is 19.1 Å². The van der Waals surface area contributed by atoms with Gasteiger partial charge in [-0.25, -0.2) is 0 Å². The summed E-state index contributed by atoms with van der Waals surface area (Å²) in [5.41, 5.74) is 5.03. The molecule has 31 heavy (non-hydrogen) atoms. The zero-order chi connectivity index (χ0) is 22.1. The molecule has 3 aromatic rings. The van der Waals surface area contributed by atoms with Crippen LogP contribution in [0.2, 0.25) is 0 Å². The lowest BCUT2D eigenvalue weighted by Crippen LogP contribution is -2.28. The van der Waals surface area contributed by atoms with Crippen LogP contribution in [0.1, 0.15) is 64.6 Å². The molecule has 4 rings (SSSR count). The van der Waals surface area contributed by atoms with Crippen LogP contribution in [-0.2, 0) is 19.4 Å². The van der Waals surface area contributed by atoms with E-state index in [4.69, 9.17) is 0 Å². The maximum Gasteiger partial charge on any atom is 0.253 e. The summed E-state index contributed by atoms with van der Waals surface area (Å²) < 4.78 is 2.12. The van der Waals surface area contributed by atoms with Crippen molar-refractivity contribution in [2.45, 2.75) is 52.6 Å². The van der Waals surface area contributed by atoms with Gasteiger partial charge in [-0.1, -0.05) is 12.2 Å². The second-order valence-electron chi connectivity index (χ2n) is 8.37. The van der Waals surface area contributed by atoms with E-state index >= 15 is 0 Å². The van der Waals surface area contributed by atoms with Crippen LogP contribution in [0, 0.1) is 18.3 Å². The van der Waals surface area contributed by atoms with Crippen molar-refractivity contribution >= 4 is 16.8 Å². The lowest BCUT2D eigenvalue weighted by molar-refractivity contribution is 0.0952. The number of H-pyrrole nitrogens is 1. The molecule has 0 atom stereocenters. The van der Waals surface area contributed by atoms with Gasteiger partial charge in [-0.2, -0.15) is 5.26 Å². The van der Waals surface area contributed by atoms with Gasteiger partial charge in [0.1, 0.15) is 0 Å². The SMILES string of the molecule is Cc1cc2c(c(=O)[nH]1)CNC(=O)c1cc(C#N)cc3c1c(cn3C(C)C)C/C=C/CC2. The minimum Gasteiger partial charge on any atom is -0.348 e. The smallest absolute Gasteiger partial charge is 0.253 e. The van der Waals surface area contributed by atoms with Gasteiger partial charge in [0.15, 0.2) is 0 Å². The first-order chi connectivity index (χ1) is 14.9. The molecule has 0 unspecified atom stereocenters. The Morgan fingerprint density at radius 1 is 1.13 bits per heavy atom. The van der Waals surface area contributed by atoms with Crippen molar-refractivity contribution in [1.29, 1.82) is 5.26 Å². The zero-order valence-electron chi connectivity index (χ0n) is 18.1. The number of nitriles is 1. The maximum absolute atomic E-state index is 13.3. The van der Waals surface area contributed by atoms with Gasteiger partial charge in [0.2, 0.25) is 0 Å². The molecule has 1 amide bonds. The number of pyridine rings is 1. The fourth-order valence-corrected chi connectivity index (χ4v) is 4.33. The summed E-state index contributed by atoms with van der Waals surface area (Å²) in [6, 6.07) is 7.84. The summed E-state index contributed by atoms with van der Waals surface area (Å²) in [4.78, 5) is 28.7. The lowest BCUT2D eigenvalue weighted by Gasteiger charge is -2.13. The number of rotatable bonds is 1. The Bertz CT molecular complexity index is 1300. The molecule has 3 heterocycles. The molecule has 0 saturated carbocycles. The molecule has 6 heteroatoms. The summed E-state index contributed by atoms with van der Waals surface area (Å²) in [6.07, 6.45) is 8.59. The van der Waals surface area contributed by atoms with Crippen LogP contribution in [0.4, 0.5) is 0 Å². The monoisotopic (exact) mass is 414 g/mol. The third-order valence-electron chi connectivity index (χ3n) is 5.82. The number of nitrogens with one attached hydrogen (secondary N) is 2. The van der Waals surface area contributed by atoms with Gasteiger partial charge in [-0.3, -0.25) is 9.59 Å². The summed E-state index contributed by atoms with van der Waals surface area (Å²) in [5, 5.41) is 13.3. The molecular weight excluding hydrogens is 388 g/mol. The molecule has 6 nitrogen and oxygen atoms in total. The number of nitrogens with zero attached hydrogens (tertiary/aromatic N) is 2. The maximum atomic E-state index is 13.3. The number of aromatic nitrogens is 2. The highest BCUT2D eigenvalue weighted by molar-refractivity contribution is 6.08. The molecule has 0 spiro atoms. The van der Waals surface area contributed by atoms with Gasteiger partial charge in [0.05, 0.1) is 22.7 Å². The van der Waals surface area contributed by atoms with Crippen LogP contribution >= 0.6 is 0 Å². The zero-order valence-corrected chi connectivity index (χ0v) is 18.1. The molecular formula is C25H26N4O2. The number of allylic oxidation sites excluding steroid dienone is 2. The molecule has 0 bridgehead atoms. The third kappa shape index (κ3) is 3.91. The first-order valence-electron chi connectivity index (χ1n) is 10.6. The average molecular weight is 415 g/mol. The Labute approximate surface area is 181 Å². The first-order valence-corrected chi connectivity index (χ1v) is 10.6. The van der Waals surface area contributed by atoms with Gasteiger partial charge >= 0.3 is 0 Å².